The van der Waals surface area contributed by atoms with Crippen molar-refractivity contribution < 1.29 is 124 Å². The van der Waals surface area contributed by atoms with Gasteiger partial charge in [0.05, 0.1) is 0 Å². The van der Waals surface area contributed by atoms with Gasteiger partial charge in [0.25, 0.3) is 24.8 Å². The molecular formula is O9P3Sm2+3. The van der Waals surface area contributed by atoms with E-state index in [2.05, 4.69) is 0 Å². The van der Waals surface area contributed by atoms with Gasteiger partial charge in [0.1, 0.15) is 0 Å². The first-order valence-electron chi connectivity index (χ1n) is 1.64. The molecule has 14 heavy (non-hydrogen) atoms. The first-order valence-corrected chi connectivity index (χ1v) is 4.93. The predicted octanol–water partition coefficient (Wildman–Crippen LogP) is -4.91. The van der Waals surface area contributed by atoms with E-state index in [0.29, 0.717) is 0 Å². The third-order valence-corrected chi connectivity index (χ3v) is 0. The molecule has 0 aromatic rings. The van der Waals surface area contributed by atoms with E-state index in [1.54, 1.807) is 0 Å². The topological polar surface area (TPSA) is 190 Å². The van der Waals surface area contributed by atoms with Crippen LogP contribution >= 0.6 is 24.8 Å². The molecule has 0 bridgehead atoms. The van der Waals surface area contributed by atoms with Crippen LogP contribution in [0.1, 0.15) is 0 Å². The van der Waals surface area contributed by atoms with Crippen LogP contribution in [0.25, 0.3) is 0 Å². The monoisotopic (exact) mass is 541 g/mol. The molecule has 0 unspecified atom stereocenters. The van der Waals surface area contributed by atoms with Gasteiger partial charge in [-0.2, -0.15) is 0 Å². The van der Waals surface area contributed by atoms with Crippen LogP contribution in [0.4, 0.5) is 0 Å². The number of rotatable bonds is 0. The summed E-state index contributed by atoms with van der Waals surface area (Å²) in [5, 5.41) is 0. The van der Waals surface area contributed by atoms with Crippen molar-refractivity contribution >= 4 is 24.8 Å². The van der Waals surface area contributed by atoms with Crippen LogP contribution in [0.3, 0.4) is 0 Å². The summed E-state index contributed by atoms with van der Waals surface area (Å²) in [4.78, 5) is 50.9. The predicted molar refractivity (Wildman–Crippen MR) is 22.8 cm³/mol. The average Bonchev–Trinajstić information content (AvgIpc) is 1.54. The van der Waals surface area contributed by atoms with Crippen LogP contribution in [0.2, 0.25) is 0 Å². The molecule has 0 aliphatic heterocycles. The molecule has 0 saturated carbocycles. The molecule has 0 saturated heterocycles. The fourth-order valence-electron chi connectivity index (χ4n) is 0. The summed E-state index contributed by atoms with van der Waals surface area (Å²) in [6, 6.07) is 0. The Kier molecular flexibility index (Phi) is 53.3. The molecule has 0 aromatic carbocycles. The molecular weight excluding hydrogens is 538 g/mol. The molecule has 0 aromatic heterocycles. The Hall–Kier alpha value is 2.74. The maximum absolute atomic E-state index is 8.48. The van der Waals surface area contributed by atoms with Gasteiger partial charge in [0.2, 0.25) is 0 Å². The minimum atomic E-state index is -3.37. The summed E-state index contributed by atoms with van der Waals surface area (Å²) in [5.74, 6) is 0. The molecule has 0 spiro atoms. The van der Waals surface area contributed by atoms with Crippen LogP contribution in [0, 0.1) is 80.8 Å². The Morgan fingerprint density at radius 2 is 0.500 bits per heavy atom. The third kappa shape index (κ3) is 372. The molecule has 14 heteroatoms. The first-order chi connectivity index (χ1) is 5.20. The summed E-state index contributed by atoms with van der Waals surface area (Å²) >= 11 is 0. The van der Waals surface area contributed by atoms with Gasteiger partial charge in [-0.3, -0.25) is 0 Å². The van der Waals surface area contributed by atoms with Crippen molar-refractivity contribution in [3.05, 3.63) is 0 Å². The van der Waals surface area contributed by atoms with Gasteiger partial charge in [-0.25, -0.2) is 0 Å². The zero-order chi connectivity index (χ0) is 10.7. The van der Waals surface area contributed by atoms with E-state index in [4.69, 9.17) is 43.1 Å². The molecule has 0 aliphatic carbocycles. The summed E-state index contributed by atoms with van der Waals surface area (Å²) in [5.41, 5.74) is 0. The van der Waals surface area contributed by atoms with Crippen molar-refractivity contribution in [2.75, 3.05) is 0 Å². The standard InChI is InChI=1S/3HO3P.2Sm/c3*1-4(2)3;;/h3*(H,1,2,3);;/q;;;2*+3/p-3. The first kappa shape index (κ1) is 30.1. The largest absolute Gasteiger partial charge is 3.00 e. The van der Waals surface area contributed by atoms with E-state index >= 15 is 0 Å². The molecule has 9 nitrogen and oxygen atoms in total. The second-order valence-corrected chi connectivity index (χ2v) is 2.01. The minimum Gasteiger partial charge on any atom is -0.598 e. The van der Waals surface area contributed by atoms with Crippen LogP contribution in [0.15, 0.2) is 0 Å². The van der Waals surface area contributed by atoms with Crippen molar-refractivity contribution in [1.29, 1.82) is 0 Å². The summed E-state index contributed by atoms with van der Waals surface area (Å²) in [7, 11) is -10.1. The smallest absolute Gasteiger partial charge is 0.598 e. The SMILES string of the molecule is O=[P+]([O-])[O-].O=[P+]([O-])[O-].O=[P+]([O-])[O-].[Sm+3].[Sm+3]. The second-order valence-electron chi connectivity index (χ2n) is 0.671. The quantitative estimate of drug-likeness (QED) is 0.273. The van der Waals surface area contributed by atoms with Gasteiger partial charge in [-0.05, 0) is 0 Å². The van der Waals surface area contributed by atoms with E-state index in [-0.39, 0.29) is 80.8 Å². The summed E-state index contributed by atoms with van der Waals surface area (Å²) in [6.45, 7) is 0. The molecule has 0 fully saturated rings. The molecule has 0 atom stereocenters. The Morgan fingerprint density at radius 3 is 0.500 bits per heavy atom. The van der Waals surface area contributed by atoms with Crippen molar-refractivity contribution in [2.24, 2.45) is 0 Å². The maximum atomic E-state index is 8.48. The van der Waals surface area contributed by atoms with E-state index in [0.717, 1.165) is 0 Å². The molecule has 0 rings (SSSR count). The van der Waals surface area contributed by atoms with E-state index in [1.807, 2.05) is 0 Å². The zero-order valence-corrected chi connectivity index (χ0v) is 13.8. The van der Waals surface area contributed by atoms with Crippen LogP contribution < -0.4 is 29.4 Å². The number of hydrogen-bond acceptors (Lipinski definition) is 9. The number of hydrogen-bond donors (Lipinski definition) is 0. The van der Waals surface area contributed by atoms with Gasteiger partial charge in [0.15, 0.2) is 0 Å². The Morgan fingerprint density at radius 1 is 0.500 bits per heavy atom. The van der Waals surface area contributed by atoms with Gasteiger partial charge in [-0.1, -0.05) is 13.7 Å². The van der Waals surface area contributed by atoms with Crippen molar-refractivity contribution in [1.82, 2.24) is 0 Å². The van der Waals surface area contributed by atoms with E-state index in [1.165, 1.54) is 0 Å². The van der Waals surface area contributed by atoms with E-state index in [9.17, 15) is 0 Å². The van der Waals surface area contributed by atoms with E-state index < -0.39 is 24.8 Å². The molecule has 0 aliphatic rings. The summed E-state index contributed by atoms with van der Waals surface area (Å²) in [6.07, 6.45) is 0. The average molecular weight is 538 g/mol. The minimum absolute atomic E-state index is 0. The van der Waals surface area contributed by atoms with Crippen LogP contribution in [-0.2, 0) is 13.7 Å². The van der Waals surface area contributed by atoms with Gasteiger partial charge < -0.3 is 29.4 Å². The Bertz CT molecular complexity index is 116. The molecule has 78 valence electrons. The molecule has 0 heterocycles. The van der Waals surface area contributed by atoms with Gasteiger partial charge in [-0.15, -0.1) is 0 Å². The van der Waals surface area contributed by atoms with Crippen LogP contribution in [0.5, 0.6) is 0 Å². The van der Waals surface area contributed by atoms with Gasteiger partial charge in [0, 0.05) is 0 Å². The second kappa shape index (κ2) is 24.8. The van der Waals surface area contributed by atoms with Crippen molar-refractivity contribution in [2.45, 2.75) is 0 Å². The van der Waals surface area contributed by atoms with Crippen LogP contribution in [-0.4, -0.2) is 0 Å². The fraction of sp³-hybridized carbons (Fsp3) is 0. The van der Waals surface area contributed by atoms with Gasteiger partial charge >= 0.3 is 80.8 Å². The summed E-state index contributed by atoms with van der Waals surface area (Å²) < 4.78 is 25.4. The maximum Gasteiger partial charge on any atom is 3.00 e. The fourth-order valence-corrected chi connectivity index (χ4v) is 0. The zero-order valence-electron chi connectivity index (χ0n) is 5.83. The normalized spacial score (nSPS) is 5.57. The Balaban J connectivity index is -0.0000000270. The molecule has 0 amide bonds. The van der Waals surface area contributed by atoms with Crippen molar-refractivity contribution in [3.8, 4) is 0 Å². The van der Waals surface area contributed by atoms with Crippen molar-refractivity contribution in [3.63, 3.8) is 0 Å². The molecule has 0 N–H and O–H groups in total. The Labute approximate surface area is 146 Å². The third-order valence-electron chi connectivity index (χ3n) is 0. The molecule has 2 radical (unpaired) electrons.